The minimum Gasteiger partial charge on any atom is -0.497 e. The molecule has 2 aliphatic carbocycles. The normalized spacial score (nSPS) is 24.6. The van der Waals surface area contributed by atoms with Gasteiger partial charge in [-0.25, -0.2) is 0 Å². The summed E-state index contributed by atoms with van der Waals surface area (Å²) in [5, 5.41) is 0. The van der Waals surface area contributed by atoms with Crippen molar-refractivity contribution in [3.63, 3.8) is 0 Å². The van der Waals surface area contributed by atoms with Gasteiger partial charge in [-0.05, 0) is 29.9 Å². The van der Waals surface area contributed by atoms with Crippen molar-refractivity contribution >= 4 is 0 Å². The van der Waals surface area contributed by atoms with E-state index in [9.17, 15) is 0 Å². The first kappa shape index (κ1) is 7.20. The summed E-state index contributed by atoms with van der Waals surface area (Å²) < 4.78 is 5.13. The summed E-state index contributed by atoms with van der Waals surface area (Å²) in [7, 11) is 1.69. The van der Waals surface area contributed by atoms with Crippen molar-refractivity contribution in [2.75, 3.05) is 7.11 Å². The molecule has 0 N–H and O–H groups in total. The Balaban J connectivity index is 2.35. The summed E-state index contributed by atoms with van der Waals surface area (Å²) in [5.74, 6) is 1.31. The molecule has 0 saturated carbocycles. The summed E-state index contributed by atoms with van der Waals surface area (Å²) >= 11 is 0. The third-order valence-corrected chi connectivity index (χ3v) is 2.05. The van der Waals surface area contributed by atoms with E-state index in [4.69, 9.17) is 4.74 Å². The highest BCUT2D eigenvalue weighted by molar-refractivity contribution is 5.42. The number of allylic oxidation sites excluding steroid dienone is 6. The van der Waals surface area contributed by atoms with Crippen molar-refractivity contribution in [1.29, 1.82) is 0 Å². The van der Waals surface area contributed by atoms with Crippen molar-refractivity contribution in [3.05, 3.63) is 53.5 Å². The fourth-order valence-electron chi connectivity index (χ4n) is 1.36. The van der Waals surface area contributed by atoms with E-state index < -0.39 is 0 Å². The highest BCUT2D eigenvalue weighted by atomic mass is 16.5. The van der Waals surface area contributed by atoms with E-state index in [0.29, 0.717) is 5.92 Å². The fourth-order valence-corrected chi connectivity index (χ4v) is 1.36. The average Bonchev–Trinajstić information content (AvgIpc) is 2.17. The fraction of sp³-hybridized carbons (Fsp3) is 0.182. The van der Waals surface area contributed by atoms with E-state index in [-0.39, 0.29) is 0 Å². The number of fused-ring (bicyclic) bond motifs is 1. The number of rotatable bonds is 1. The van der Waals surface area contributed by atoms with E-state index in [2.05, 4.69) is 30.0 Å². The zero-order chi connectivity index (χ0) is 8.39. The molecule has 1 heteroatoms. The lowest BCUT2D eigenvalue weighted by atomic mass is 9.91. The zero-order valence-corrected chi connectivity index (χ0v) is 6.95. The van der Waals surface area contributed by atoms with Crippen LogP contribution >= 0.6 is 0 Å². The van der Waals surface area contributed by atoms with Crippen LogP contribution in [-0.2, 0) is 4.74 Å². The summed E-state index contributed by atoms with van der Waals surface area (Å²) in [6.07, 6.45) is 12.2. The molecular formula is C11H10O. The average molecular weight is 158 g/mol. The van der Waals surface area contributed by atoms with Crippen molar-refractivity contribution in [2.45, 2.75) is 0 Å². The van der Waals surface area contributed by atoms with Crippen molar-refractivity contribution in [2.24, 2.45) is 5.92 Å². The summed E-state index contributed by atoms with van der Waals surface area (Å²) in [6.45, 7) is 0. The van der Waals surface area contributed by atoms with Crippen LogP contribution in [0, 0.1) is 5.92 Å². The summed E-state index contributed by atoms with van der Waals surface area (Å²) in [5.41, 5.74) is 4.34. The van der Waals surface area contributed by atoms with Gasteiger partial charge in [-0.15, -0.1) is 5.73 Å². The van der Waals surface area contributed by atoms with Gasteiger partial charge in [0, 0.05) is 5.92 Å². The van der Waals surface area contributed by atoms with Crippen molar-refractivity contribution in [1.82, 2.24) is 0 Å². The van der Waals surface area contributed by atoms with Gasteiger partial charge in [0.2, 0.25) is 0 Å². The highest BCUT2D eigenvalue weighted by Gasteiger charge is 2.12. The molecule has 0 amide bonds. The van der Waals surface area contributed by atoms with E-state index in [0.717, 1.165) is 5.76 Å². The summed E-state index contributed by atoms with van der Waals surface area (Å²) in [6, 6.07) is 0. The number of hydrogen-bond donors (Lipinski definition) is 0. The lowest BCUT2D eigenvalue weighted by molar-refractivity contribution is 0.305. The lowest BCUT2D eigenvalue weighted by Crippen LogP contribution is -2.02. The second-order valence-electron chi connectivity index (χ2n) is 2.80. The Morgan fingerprint density at radius 3 is 3.25 bits per heavy atom. The van der Waals surface area contributed by atoms with E-state index >= 15 is 0 Å². The van der Waals surface area contributed by atoms with Crippen LogP contribution < -0.4 is 0 Å². The molecule has 0 fully saturated rings. The van der Waals surface area contributed by atoms with Crippen LogP contribution in [0.5, 0.6) is 0 Å². The topological polar surface area (TPSA) is 9.23 Å². The van der Waals surface area contributed by atoms with Gasteiger partial charge >= 0.3 is 0 Å². The standard InChI is InChI=1S/C11H10O/c1-12-11-7-6-9-4-2-3-5-10(9)8-11/h3-9H,1H3. The van der Waals surface area contributed by atoms with Crippen LogP contribution in [0.15, 0.2) is 53.5 Å². The smallest absolute Gasteiger partial charge is 0.118 e. The van der Waals surface area contributed by atoms with Crippen molar-refractivity contribution < 1.29 is 4.74 Å². The van der Waals surface area contributed by atoms with Crippen LogP contribution in [0.3, 0.4) is 0 Å². The Morgan fingerprint density at radius 2 is 2.42 bits per heavy atom. The molecule has 0 aliphatic heterocycles. The molecule has 1 atom stereocenters. The second kappa shape index (κ2) is 2.88. The molecule has 12 heavy (non-hydrogen) atoms. The Bertz CT molecular complexity index is 336. The van der Waals surface area contributed by atoms with Gasteiger partial charge in [-0.3, -0.25) is 0 Å². The van der Waals surface area contributed by atoms with Gasteiger partial charge in [0.25, 0.3) is 0 Å². The first-order valence-corrected chi connectivity index (χ1v) is 3.97. The second-order valence-corrected chi connectivity index (χ2v) is 2.80. The Kier molecular flexibility index (Phi) is 1.73. The lowest BCUT2D eigenvalue weighted by Gasteiger charge is -2.16. The molecular weight excluding hydrogens is 148 g/mol. The largest absolute Gasteiger partial charge is 0.497 e. The molecule has 0 radical (unpaired) electrons. The van der Waals surface area contributed by atoms with E-state index in [1.54, 1.807) is 7.11 Å². The van der Waals surface area contributed by atoms with E-state index in [1.165, 1.54) is 5.57 Å². The Labute approximate surface area is 72.0 Å². The molecule has 0 saturated heterocycles. The first-order chi connectivity index (χ1) is 5.90. The zero-order valence-electron chi connectivity index (χ0n) is 6.95. The molecule has 60 valence electrons. The SMILES string of the molecule is COC1=CC2=CC=C=CC2C=C1. The minimum atomic E-state index is 0.397. The third-order valence-electron chi connectivity index (χ3n) is 2.05. The number of methoxy groups -OCH3 is 1. The number of ether oxygens (including phenoxy) is 1. The Morgan fingerprint density at radius 1 is 1.50 bits per heavy atom. The van der Waals surface area contributed by atoms with Gasteiger partial charge in [0.15, 0.2) is 0 Å². The monoisotopic (exact) mass is 158 g/mol. The maximum absolute atomic E-state index is 5.13. The number of hydrogen-bond acceptors (Lipinski definition) is 1. The van der Waals surface area contributed by atoms with Crippen LogP contribution in [0.25, 0.3) is 0 Å². The minimum absolute atomic E-state index is 0.397. The van der Waals surface area contributed by atoms with Gasteiger partial charge < -0.3 is 4.74 Å². The molecule has 0 aromatic rings. The molecule has 0 aromatic heterocycles. The van der Waals surface area contributed by atoms with Gasteiger partial charge in [-0.1, -0.05) is 12.2 Å². The molecule has 0 heterocycles. The van der Waals surface area contributed by atoms with Crippen LogP contribution in [-0.4, -0.2) is 7.11 Å². The predicted molar refractivity (Wildman–Crippen MR) is 48.5 cm³/mol. The van der Waals surface area contributed by atoms with Gasteiger partial charge in [0.1, 0.15) is 5.76 Å². The van der Waals surface area contributed by atoms with Gasteiger partial charge in [-0.2, -0.15) is 0 Å². The molecule has 2 aliphatic rings. The van der Waals surface area contributed by atoms with E-state index in [1.807, 2.05) is 12.2 Å². The van der Waals surface area contributed by atoms with Gasteiger partial charge in [0.05, 0.1) is 7.11 Å². The molecule has 0 aromatic carbocycles. The maximum Gasteiger partial charge on any atom is 0.118 e. The maximum atomic E-state index is 5.13. The summed E-state index contributed by atoms with van der Waals surface area (Å²) in [4.78, 5) is 0. The van der Waals surface area contributed by atoms with Crippen molar-refractivity contribution in [3.8, 4) is 0 Å². The molecule has 0 bridgehead atoms. The first-order valence-electron chi connectivity index (χ1n) is 3.97. The van der Waals surface area contributed by atoms with Crippen LogP contribution in [0.4, 0.5) is 0 Å². The molecule has 2 rings (SSSR count). The molecule has 1 nitrogen and oxygen atoms in total. The highest BCUT2D eigenvalue weighted by Crippen LogP contribution is 2.25. The quantitative estimate of drug-likeness (QED) is 0.532. The Hall–Kier alpha value is -1.46. The molecule has 0 spiro atoms. The third kappa shape index (κ3) is 1.15. The van der Waals surface area contributed by atoms with Crippen LogP contribution in [0.1, 0.15) is 0 Å². The van der Waals surface area contributed by atoms with Crippen LogP contribution in [0.2, 0.25) is 0 Å². The predicted octanol–water partition coefficient (Wildman–Crippen LogP) is 2.35. The molecule has 1 unspecified atom stereocenters.